The Balaban J connectivity index is 2.46. The maximum Gasteiger partial charge on any atom is 0.270 e. The Morgan fingerprint density at radius 1 is 1.26 bits per heavy atom. The molecule has 0 amide bonds. The van der Waals surface area contributed by atoms with E-state index in [1.807, 2.05) is 17.5 Å². The van der Waals surface area contributed by atoms with Gasteiger partial charge in [-0.1, -0.05) is 18.2 Å². The molecule has 0 atom stereocenters. The Labute approximate surface area is 161 Å². The summed E-state index contributed by atoms with van der Waals surface area (Å²) in [5, 5.41) is 17.0. The van der Waals surface area contributed by atoms with Crippen molar-refractivity contribution < 1.29 is 13.3 Å². The van der Waals surface area contributed by atoms with Crippen LogP contribution < -0.4 is 5.43 Å². The van der Waals surface area contributed by atoms with Gasteiger partial charge in [-0.05, 0) is 17.5 Å². The van der Waals surface area contributed by atoms with Crippen molar-refractivity contribution in [2.24, 2.45) is 5.10 Å². The largest absolute Gasteiger partial charge is 0.277 e. The number of nitro benzene ring substituents is 1. The molecule has 0 saturated heterocycles. The van der Waals surface area contributed by atoms with Crippen molar-refractivity contribution in [3.63, 3.8) is 0 Å². The first-order valence-electron chi connectivity index (χ1n) is 7.73. The SMILES string of the molecule is C=CCN(CC=C)S(=O)(=O)c1cc([N+](=O)[O-])ccc1N/N=C\c1cccs1. The summed E-state index contributed by atoms with van der Waals surface area (Å²) < 4.78 is 27.1. The van der Waals surface area contributed by atoms with Gasteiger partial charge in [0, 0.05) is 30.1 Å². The fourth-order valence-corrected chi connectivity index (χ4v) is 4.29. The number of nitrogens with zero attached hydrogens (tertiary/aromatic N) is 3. The highest BCUT2D eigenvalue weighted by molar-refractivity contribution is 7.89. The van der Waals surface area contributed by atoms with Crippen LogP contribution in [0.1, 0.15) is 4.88 Å². The van der Waals surface area contributed by atoms with E-state index < -0.39 is 14.9 Å². The number of nitrogens with one attached hydrogen (secondary N) is 1. The van der Waals surface area contributed by atoms with Gasteiger partial charge in [-0.25, -0.2) is 8.42 Å². The zero-order valence-electron chi connectivity index (χ0n) is 14.3. The van der Waals surface area contributed by atoms with Gasteiger partial charge in [-0.15, -0.1) is 24.5 Å². The number of non-ortho nitro benzene ring substituents is 1. The lowest BCUT2D eigenvalue weighted by atomic mass is 10.3. The van der Waals surface area contributed by atoms with Crippen molar-refractivity contribution in [3.05, 3.63) is 76.0 Å². The van der Waals surface area contributed by atoms with E-state index >= 15 is 0 Å². The quantitative estimate of drug-likeness (QED) is 0.281. The Bertz CT molecular complexity index is 943. The molecule has 10 heteroatoms. The van der Waals surface area contributed by atoms with Crippen LogP contribution in [0, 0.1) is 10.1 Å². The van der Waals surface area contributed by atoms with Crippen molar-refractivity contribution >= 4 is 38.9 Å². The first-order valence-corrected chi connectivity index (χ1v) is 10.0. The zero-order valence-corrected chi connectivity index (χ0v) is 15.9. The first kappa shape index (κ1) is 20.5. The molecule has 27 heavy (non-hydrogen) atoms. The number of rotatable bonds is 10. The number of hydrogen-bond donors (Lipinski definition) is 1. The van der Waals surface area contributed by atoms with Crippen LogP contribution in [0.3, 0.4) is 0 Å². The van der Waals surface area contributed by atoms with Gasteiger partial charge in [-0.3, -0.25) is 15.5 Å². The first-order chi connectivity index (χ1) is 12.9. The van der Waals surface area contributed by atoms with Gasteiger partial charge in [0.05, 0.1) is 16.8 Å². The number of thiophene rings is 1. The molecule has 0 aliphatic heterocycles. The molecule has 1 heterocycles. The van der Waals surface area contributed by atoms with Gasteiger partial charge in [0.2, 0.25) is 10.0 Å². The maximum atomic E-state index is 13.0. The van der Waals surface area contributed by atoms with Crippen molar-refractivity contribution in [3.8, 4) is 0 Å². The van der Waals surface area contributed by atoms with E-state index in [1.165, 1.54) is 41.8 Å². The molecular formula is C17H18N4O4S2. The fraction of sp³-hybridized carbons (Fsp3) is 0.118. The molecule has 0 aliphatic rings. The van der Waals surface area contributed by atoms with E-state index in [9.17, 15) is 18.5 Å². The minimum Gasteiger partial charge on any atom is -0.277 e. The molecule has 1 N–H and O–H groups in total. The Kier molecular flexibility index (Phi) is 6.99. The molecule has 1 aromatic carbocycles. The molecule has 2 rings (SSSR count). The molecule has 0 radical (unpaired) electrons. The van der Waals surface area contributed by atoms with Crippen LogP contribution in [0.2, 0.25) is 0 Å². The lowest BCUT2D eigenvalue weighted by Crippen LogP contribution is -2.31. The van der Waals surface area contributed by atoms with Gasteiger partial charge >= 0.3 is 0 Å². The van der Waals surface area contributed by atoms with E-state index in [0.717, 1.165) is 15.2 Å². The van der Waals surface area contributed by atoms with Crippen LogP contribution in [0.15, 0.2) is 71.0 Å². The molecule has 0 unspecified atom stereocenters. The van der Waals surface area contributed by atoms with Gasteiger partial charge in [-0.2, -0.15) is 9.41 Å². The summed E-state index contributed by atoms with van der Waals surface area (Å²) in [5.41, 5.74) is 2.46. The van der Waals surface area contributed by atoms with Crippen LogP contribution in [-0.2, 0) is 10.0 Å². The van der Waals surface area contributed by atoms with Crippen LogP contribution in [0.4, 0.5) is 11.4 Å². The Morgan fingerprint density at radius 3 is 2.52 bits per heavy atom. The second-order valence-electron chi connectivity index (χ2n) is 5.22. The van der Waals surface area contributed by atoms with Crippen LogP contribution in [0.25, 0.3) is 0 Å². The molecule has 142 valence electrons. The van der Waals surface area contributed by atoms with Crippen LogP contribution >= 0.6 is 11.3 Å². The molecule has 0 fully saturated rings. The van der Waals surface area contributed by atoms with E-state index in [0.29, 0.717) is 0 Å². The molecule has 1 aromatic heterocycles. The highest BCUT2D eigenvalue weighted by atomic mass is 32.2. The Morgan fingerprint density at radius 2 is 1.96 bits per heavy atom. The Hall–Kier alpha value is -2.82. The average molecular weight is 406 g/mol. The van der Waals surface area contributed by atoms with Crippen molar-refractivity contribution in [2.45, 2.75) is 4.90 Å². The number of anilines is 1. The van der Waals surface area contributed by atoms with E-state index in [2.05, 4.69) is 23.7 Å². The second-order valence-corrected chi connectivity index (χ2v) is 8.11. The normalized spacial score (nSPS) is 11.6. The second kappa shape index (κ2) is 9.21. The lowest BCUT2D eigenvalue weighted by molar-refractivity contribution is -0.385. The summed E-state index contributed by atoms with van der Waals surface area (Å²) in [6, 6.07) is 7.25. The maximum absolute atomic E-state index is 13.0. The summed E-state index contributed by atoms with van der Waals surface area (Å²) in [4.78, 5) is 11.1. The molecule has 0 aliphatic carbocycles. The topological polar surface area (TPSA) is 105 Å². The fourth-order valence-electron chi connectivity index (χ4n) is 2.16. The molecule has 0 saturated carbocycles. The third-order valence-corrected chi connectivity index (χ3v) is 6.06. The average Bonchev–Trinajstić information content (AvgIpc) is 3.15. The highest BCUT2D eigenvalue weighted by Gasteiger charge is 2.27. The molecular weight excluding hydrogens is 388 g/mol. The molecule has 2 aromatic rings. The standard InChI is InChI=1S/C17H18N4O4S2/c1-3-9-20(10-4-2)27(24,25)17-12-14(21(22)23)7-8-16(17)19-18-13-15-6-5-11-26-15/h3-8,11-13,19H,1-2,9-10H2/b18-13-. The highest BCUT2D eigenvalue weighted by Crippen LogP contribution is 2.29. The predicted octanol–water partition coefficient (Wildman–Crippen LogP) is 3.47. The number of nitro groups is 1. The van der Waals surface area contributed by atoms with Gasteiger partial charge in [0.15, 0.2) is 0 Å². The van der Waals surface area contributed by atoms with E-state index in [-0.39, 0.29) is 29.4 Å². The molecule has 0 bridgehead atoms. The van der Waals surface area contributed by atoms with Crippen LogP contribution in [-0.4, -0.2) is 37.0 Å². The zero-order chi connectivity index (χ0) is 19.9. The lowest BCUT2D eigenvalue weighted by Gasteiger charge is -2.20. The summed E-state index contributed by atoms with van der Waals surface area (Å²) >= 11 is 1.47. The van der Waals surface area contributed by atoms with Crippen molar-refractivity contribution in [1.82, 2.24) is 4.31 Å². The number of hydrogen-bond acceptors (Lipinski definition) is 7. The number of sulfonamides is 1. The molecule has 8 nitrogen and oxygen atoms in total. The number of benzene rings is 1. The summed E-state index contributed by atoms with van der Waals surface area (Å²) in [7, 11) is -4.04. The molecule has 0 spiro atoms. The van der Waals surface area contributed by atoms with Crippen LogP contribution in [0.5, 0.6) is 0 Å². The van der Waals surface area contributed by atoms with Crippen molar-refractivity contribution in [1.29, 1.82) is 0 Å². The monoisotopic (exact) mass is 406 g/mol. The minimum absolute atomic E-state index is 0.0367. The van der Waals surface area contributed by atoms with Crippen molar-refractivity contribution in [2.75, 3.05) is 18.5 Å². The third-order valence-electron chi connectivity index (χ3n) is 3.38. The summed E-state index contributed by atoms with van der Waals surface area (Å²) in [5.74, 6) is 0. The predicted molar refractivity (Wildman–Crippen MR) is 108 cm³/mol. The van der Waals surface area contributed by atoms with E-state index in [1.54, 1.807) is 0 Å². The van der Waals surface area contributed by atoms with Gasteiger partial charge < -0.3 is 0 Å². The smallest absolute Gasteiger partial charge is 0.270 e. The van der Waals surface area contributed by atoms with Gasteiger partial charge in [0.1, 0.15) is 4.90 Å². The van der Waals surface area contributed by atoms with Gasteiger partial charge in [0.25, 0.3) is 5.69 Å². The summed E-state index contributed by atoms with van der Waals surface area (Å²) in [6.07, 6.45) is 4.40. The third kappa shape index (κ3) is 5.09. The van der Waals surface area contributed by atoms with E-state index in [4.69, 9.17) is 0 Å². The minimum atomic E-state index is -4.04. The summed E-state index contributed by atoms with van der Waals surface area (Å²) in [6.45, 7) is 7.17. The number of hydrazone groups is 1.